The third-order valence-corrected chi connectivity index (χ3v) is 3.68. The van der Waals surface area contributed by atoms with Crippen LogP contribution in [-0.4, -0.2) is 12.3 Å². The minimum atomic E-state index is -0.691. The molecule has 0 saturated heterocycles. The molecule has 0 amide bonds. The van der Waals surface area contributed by atoms with Gasteiger partial charge in [0.2, 0.25) is 6.29 Å². The first-order valence-electron chi connectivity index (χ1n) is 6.36. The summed E-state index contributed by atoms with van der Waals surface area (Å²) in [4.78, 5) is 11.4. The van der Waals surface area contributed by atoms with Gasteiger partial charge in [-0.15, -0.1) is 0 Å². The molecule has 0 saturated carbocycles. The average molecular weight is 406 g/mol. The second-order valence-corrected chi connectivity index (χ2v) is 6.22. The van der Waals surface area contributed by atoms with Gasteiger partial charge >= 0.3 is 5.97 Å². The molecule has 0 spiro atoms. The molecule has 0 aliphatic heterocycles. The molecule has 0 heterocycles. The first-order valence-corrected chi connectivity index (χ1v) is 7.94. The van der Waals surface area contributed by atoms with E-state index in [0.29, 0.717) is 11.3 Å². The summed E-state index contributed by atoms with van der Waals surface area (Å²) in [5, 5.41) is 0. The standard InChI is InChI=1S/C15H18Br2O3/c1-5-6-11-7-12(16)14(13(17)8-11)19-10(4)20-15(18)9(2)3/h7-8,10H,2,5-6H2,1,3-4H3. The lowest BCUT2D eigenvalue weighted by Crippen LogP contribution is -2.21. The third-order valence-electron chi connectivity index (χ3n) is 2.50. The zero-order valence-corrected chi connectivity index (χ0v) is 15.0. The van der Waals surface area contributed by atoms with Gasteiger partial charge < -0.3 is 9.47 Å². The lowest BCUT2D eigenvalue weighted by atomic mass is 10.1. The zero-order valence-electron chi connectivity index (χ0n) is 11.8. The van der Waals surface area contributed by atoms with E-state index < -0.39 is 12.3 Å². The fraction of sp³-hybridized carbons (Fsp3) is 0.400. The number of aryl methyl sites for hydroxylation is 1. The van der Waals surface area contributed by atoms with E-state index in [9.17, 15) is 4.79 Å². The predicted octanol–water partition coefficient (Wildman–Crippen LogP) is 5.01. The minimum Gasteiger partial charge on any atom is -0.453 e. The first kappa shape index (κ1) is 17.2. The number of benzene rings is 1. The Labute approximate surface area is 136 Å². The molecule has 0 bridgehead atoms. The monoisotopic (exact) mass is 404 g/mol. The van der Waals surface area contributed by atoms with Crippen molar-refractivity contribution in [3.63, 3.8) is 0 Å². The molecule has 110 valence electrons. The van der Waals surface area contributed by atoms with Crippen LogP contribution in [0.3, 0.4) is 0 Å². The number of ether oxygens (including phenoxy) is 2. The van der Waals surface area contributed by atoms with Crippen molar-refractivity contribution < 1.29 is 14.3 Å². The van der Waals surface area contributed by atoms with Crippen LogP contribution in [0.15, 0.2) is 33.2 Å². The van der Waals surface area contributed by atoms with E-state index in [-0.39, 0.29) is 0 Å². The van der Waals surface area contributed by atoms with E-state index in [1.54, 1.807) is 13.8 Å². The highest BCUT2D eigenvalue weighted by molar-refractivity contribution is 9.11. The van der Waals surface area contributed by atoms with E-state index in [2.05, 4.69) is 45.4 Å². The Bertz CT molecular complexity index is 489. The Morgan fingerprint density at radius 3 is 2.35 bits per heavy atom. The Hall–Kier alpha value is -0.810. The van der Waals surface area contributed by atoms with E-state index in [1.165, 1.54) is 5.56 Å². The van der Waals surface area contributed by atoms with Gasteiger partial charge in [-0.3, -0.25) is 0 Å². The summed E-state index contributed by atoms with van der Waals surface area (Å²) in [6.07, 6.45) is 1.38. The van der Waals surface area contributed by atoms with E-state index in [4.69, 9.17) is 9.47 Å². The van der Waals surface area contributed by atoms with Crippen LogP contribution in [0.4, 0.5) is 0 Å². The van der Waals surface area contributed by atoms with Crippen molar-refractivity contribution in [1.29, 1.82) is 0 Å². The topological polar surface area (TPSA) is 35.5 Å². The molecule has 0 radical (unpaired) electrons. The molecule has 1 aromatic carbocycles. The Balaban J connectivity index is 2.82. The SMILES string of the molecule is C=C(C)C(=O)OC(C)Oc1c(Br)cc(CCC)cc1Br. The lowest BCUT2D eigenvalue weighted by molar-refractivity contribution is -0.156. The molecular weight excluding hydrogens is 388 g/mol. The molecule has 20 heavy (non-hydrogen) atoms. The van der Waals surface area contributed by atoms with Crippen LogP contribution in [0, 0.1) is 0 Å². The first-order chi connectivity index (χ1) is 9.35. The molecule has 0 fully saturated rings. The number of carbonyl (C=O) groups is 1. The Morgan fingerprint density at radius 2 is 1.90 bits per heavy atom. The van der Waals surface area contributed by atoms with Gasteiger partial charge in [0.25, 0.3) is 0 Å². The highest BCUT2D eigenvalue weighted by atomic mass is 79.9. The zero-order chi connectivity index (χ0) is 15.3. The molecule has 1 rings (SSSR count). The van der Waals surface area contributed by atoms with E-state index in [0.717, 1.165) is 21.8 Å². The van der Waals surface area contributed by atoms with Crippen molar-refractivity contribution in [2.45, 2.75) is 39.9 Å². The third kappa shape index (κ3) is 4.94. The molecule has 3 nitrogen and oxygen atoms in total. The molecule has 0 N–H and O–H groups in total. The molecule has 1 aromatic rings. The van der Waals surface area contributed by atoms with Crippen molar-refractivity contribution in [2.75, 3.05) is 0 Å². The van der Waals surface area contributed by atoms with Crippen molar-refractivity contribution in [3.05, 3.63) is 38.8 Å². The van der Waals surface area contributed by atoms with Crippen LogP contribution in [0.2, 0.25) is 0 Å². The number of hydrogen-bond acceptors (Lipinski definition) is 3. The molecule has 0 aliphatic carbocycles. The van der Waals surface area contributed by atoms with Gasteiger partial charge in [0, 0.05) is 12.5 Å². The van der Waals surface area contributed by atoms with Crippen LogP contribution < -0.4 is 4.74 Å². The maximum Gasteiger partial charge on any atom is 0.336 e. The van der Waals surface area contributed by atoms with E-state index in [1.807, 2.05) is 12.1 Å². The van der Waals surface area contributed by atoms with Gasteiger partial charge in [-0.1, -0.05) is 19.9 Å². The fourth-order valence-electron chi connectivity index (χ4n) is 1.60. The number of hydrogen-bond donors (Lipinski definition) is 0. The summed E-state index contributed by atoms with van der Waals surface area (Å²) < 4.78 is 12.4. The summed E-state index contributed by atoms with van der Waals surface area (Å²) in [7, 11) is 0. The Kier molecular flexibility index (Phi) is 6.76. The van der Waals surface area contributed by atoms with Gasteiger partial charge in [-0.05, 0) is 62.9 Å². The van der Waals surface area contributed by atoms with Crippen molar-refractivity contribution in [1.82, 2.24) is 0 Å². The normalized spacial score (nSPS) is 11.8. The van der Waals surface area contributed by atoms with Crippen molar-refractivity contribution >= 4 is 37.8 Å². The number of esters is 1. The molecule has 1 atom stereocenters. The fourth-order valence-corrected chi connectivity index (χ4v) is 3.07. The highest BCUT2D eigenvalue weighted by Crippen LogP contribution is 2.36. The largest absolute Gasteiger partial charge is 0.453 e. The van der Waals surface area contributed by atoms with Gasteiger partial charge in [0.15, 0.2) is 5.75 Å². The quantitative estimate of drug-likeness (QED) is 0.379. The summed E-state index contributed by atoms with van der Waals surface area (Å²) in [5.74, 6) is 0.152. The van der Waals surface area contributed by atoms with Crippen molar-refractivity contribution in [2.24, 2.45) is 0 Å². The second kappa shape index (κ2) is 7.84. The molecule has 1 unspecified atom stereocenters. The maximum absolute atomic E-state index is 11.4. The van der Waals surface area contributed by atoms with Crippen molar-refractivity contribution in [3.8, 4) is 5.75 Å². The number of halogens is 2. The van der Waals surface area contributed by atoms with Crippen LogP contribution in [-0.2, 0) is 16.0 Å². The van der Waals surface area contributed by atoms with E-state index >= 15 is 0 Å². The predicted molar refractivity (Wildman–Crippen MR) is 86.8 cm³/mol. The molecule has 0 aliphatic rings. The average Bonchev–Trinajstić information content (AvgIpc) is 2.34. The molecule has 0 aromatic heterocycles. The van der Waals surface area contributed by atoms with Gasteiger partial charge in [-0.2, -0.15) is 0 Å². The second-order valence-electron chi connectivity index (χ2n) is 4.51. The number of carbonyl (C=O) groups excluding carboxylic acids is 1. The molecular formula is C15H18Br2O3. The van der Waals surface area contributed by atoms with Crippen LogP contribution in [0.1, 0.15) is 32.8 Å². The van der Waals surface area contributed by atoms with Crippen LogP contribution in [0.5, 0.6) is 5.75 Å². The summed E-state index contributed by atoms with van der Waals surface area (Å²) in [6, 6.07) is 4.02. The highest BCUT2D eigenvalue weighted by Gasteiger charge is 2.15. The van der Waals surface area contributed by atoms with Gasteiger partial charge in [-0.25, -0.2) is 4.79 Å². The Morgan fingerprint density at radius 1 is 1.35 bits per heavy atom. The minimum absolute atomic E-state index is 0.344. The van der Waals surface area contributed by atoms with Gasteiger partial charge in [0.1, 0.15) is 0 Å². The summed E-state index contributed by atoms with van der Waals surface area (Å²) in [5.41, 5.74) is 1.56. The summed E-state index contributed by atoms with van der Waals surface area (Å²) in [6.45, 7) is 8.93. The van der Waals surface area contributed by atoms with Gasteiger partial charge in [0.05, 0.1) is 8.95 Å². The number of rotatable bonds is 6. The van der Waals surface area contributed by atoms with Crippen LogP contribution >= 0.6 is 31.9 Å². The summed E-state index contributed by atoms with van der Waals surface area (Å²) >= 11 is 6.96. The molecule has 5 heteroatoms. The maximum atomic E-state index is 11.4. The van der Waals surface area contributed by atoms with Crippen LogP contribution in [0.25, 0.3) is 0 Å². The lowest BCUT2D eigenvalue weighted by Gasteiger charge is -2.18. The smallest absolute Gasteiger partial charge is 0.336 e.